The van der Waals surface area contributed by atoms with Crippen molar-refractivity contribution in [3.63, 3.8) is 0 Å². The first-order valence-corrected chi connectivity index (χ1v) is 10.1. The second kappa shape index (κ2) is 7.20. The minimum absolute atomic E-state index is 0.0837. The number of fused-ring (bicyclic) bond motifs is 3. The molecule has 1 atom stereocenters. The van der Waals surface area contributed by atoms with Crippen LogP contribution in [0.5, 0.6) is 0 Å². The van der Waals surface area contributed by atoms with Crippen LogP contribution in [-0.4, -0.2) is 55.5 Å². The van der Waals surface area contributed by atoms with Crippen LogP contribution in [0.25, 0.3) is 11.2 Å². The number of aryl methyl sites for hydroxylation is 1. The zero-order valence-electron chi connectivity index (χ0n) is 17.2. The Kier molecular flexibility index (Phi) is 4.86. The number of imidazole rings is 1. The molecule has 1 unspecified atom stereocenters. The third-order valence-electron chi connectivity index (χ3n) is 6.10. The summed E-state index contributed by atoms with van der Waals surface area (Å²) in [5.41, 5.74) is 1.12. The number of likely N-dealkylation sites (tertiary alicyclic amines) is 1. The zero-order chi connectivity index (χ0) is 20.0. The first kappa shape index (κ1) is 18.9. The first-order valence-electron chi connectivity index (χ1n) is 10.1. The van der Waals surface area contributed by atoms with Gasteiger partial charge in [0.05, 0.1) is 18.3 Å². The van der Waals surface area contributed by atoms with Gasteiger partial charge in [0, 0.05) is 20.6 Å². The molecule has 0 bridgehead atoms. The van der Waals surface area contributed by atoms with Crippen LogP contribution in [0.1, 0.15) is 45.6 Å². The smallest absolute Gasteiger partial charge is 0.301 e. The molecule has 4 rings (SSSR count). The number of anilines is 1. The number of nitrogens with zero attached hydrogens (tertiary/aromatic N) is 7. The highest BCUT2D eigenvalue weighted by Crippen LogP contribution is 2.29. The van der Waals surface area contributed by atoms with Crippen molar-refractivity contribution in [2.45, 2.75) is 45.6 Å². The molecule has 9 nitrogen and oxygen atoms in total. The maximum atomic E-state index is 12.9. The molecular formula is C19H29N7O2. The van der Waals surface area contributed by atoms with Gasteiger partial charge >= 0.3 is 5.69 Å². The highest BCUT2D eigenvalue weighted by Gasteiger charge is 2.30. The predicted octanol–water partition coefficient (Wildman–Crippen LogP) is 1.07. The lowest BCUT2D eigenvalue weighted by Gasteiger charge is -2.30. The van der Waals surface area contributed by atoms with E-state index in [-0.39, 0.29) is 17.3 Å². The quantitative estimate of drug-likeness (QED) is 0.787. The minimum atomic E-state index is -0.366. The molecule has 9 heteroatoms. The predicted molar refractivity (Wildman–Crippen MR) is 110 cm³/mol. The molecular weight excluding hydrogens is 358 g/mol. The average Bonchev–Trinajstić information content (AvgIpc) is 2.90. The maximum Gasteiger partial charge on any atom is 0.332 e. The van der Waals surface area contributed by atoms with Gasteiger partial charge in [0.15, 0.2) is 11.2 Å². The van der Waals surface area contributed by atoms with Crippen molar-refractivity contribution in [1.29, 1.82) is 0 Å². The van der Waals surface area contributed by atoms with Gasteiger partial charge in [-0.3, -0.25) is 18.5 Å². The van der Waals surface area contributed by atoms with Crippen molar-refractivity contribution in [2.75, 3.05) is 31.2 Å². The minimum Gasteiger partial charge on any atom is -0.301 e. The van der Waals surface area contributed by atoms with Gasteiger partial charge < -0.3 is 4.90 Å². The van der Waals surface area contributed by atoms with E-state index in [1.807, 2.05) is 23.4 Å². The molecule has 28 heavy (non-hydrogen) atoms. The first-order chi connectivity index (χ1) is 13.4. The van der Waals surface area contributed by atoms with Crippen molar-refractivity contribution < 1.29 is 0 Å². The van der Waals surface area contributed by atoms with E-state index >= 15 is 0 Å². The van der Waals surface area contributed by atoms with Crippen LogP contribution in [-0.2, 0) is 14.1 Å². The molecule has 0 spiro atoms. The Hall–Kier alpha value is -2.42. The van der Waals surface area contributed by atoms with Crippen molar-refractivity contribution in [3.05, 3.63) is 20.8 Å². The fraction of sp³-hybridized carbons (Fsp3) is 0.684. The summed E-state index contributed by atoms with van der Waals surface area (Å²) in [5, 5.41) is 6.65. The van der Waals surface area contributed by atoms with E-state index in [0.29, 0.717) is 23.7 Å². The second-order valence-electron chi connectivity index (χ2n) is 7.96. The van der Waals surface area contributed by atoms with Crippen LogP contribution >= 0.6 is 0 Å². The van der Waals surface area contributed by atoms with Gasteiger partial charge in [-0.05, 0) is 39.8 Å². The van der Waals surface area contributed by atoms with E-state index < -0.39 is 0 Å². The summed E-state index contributed by atoms with van der Waals surface area (Å²) in [6.45, 7) is 7.86. The van der Waals surface area contributed by atoms with Crippen molar-refractivity contribution in [2.24, 2.45) is 19.2 Å². The van der Waals surface area contributed by atoms with E-state index in [4.69, 9.17) is 5.10 Å². The summed E-state index contributed by atoms with van der Waals surface area (Å²) in [4.78, 5) is 32.4. The molecule has 0 aromatic carbocycles. The van der Waals surface area contributed by atoms with Crippen LogP contribution < -0.4 is 16.3 Å². The van der Waals surface area contributed by atoms with Gasteiger partial charge in [-0.1, -0.05) is 12.8 Å². The molecule has 1 fully saturated rings. The van der Waals surface area contributed by atoms with Crippen molar-refractivity contribution >= 4 is 22.8 Å². The van der Waals surface area contributed by atoms with E-state index in [1.54, 1.807) is 7.05 Å². The Labute approximate surface area is 163 Å². The van der Waals surface area contributed by atoms with Gasteiger partial charge in [-0.15, -0.1) is 0 Å². The Balaban J connectivity index is 1.75. The van der Waals surface area contributed by atoms with Crippen LogP contribution in [0.15, 0.2) is 14.7 Å². The summed E-state index contributed by atoms with van der Waals surface area (Å²) in [6.07, 6.45) is 5.11. The molecule has 0 radical (unpaired) electrons. The lowest BCUT2D eigenvalue weighted by Crippen LogP contribution is -2.39. The normalized spacial score (nSPS) is 20.9. The monoisotopic (exact) mass is 387 g/mol. The fourth-order valence-electron chi connectivity index (χ4n) is 4.20. The Morgan fingerprint density at radius 3 is 2.36 bits per heavy atom. The Bertz CT molecular complexity index is 1040. The maximum absolute atomic E-state index is 12.9. The summed E-state index contributed by atoms with van der Waals surface area (Å²) in [6, 6.07) is -0.0837. The third kappa shape index (κ3) is 2.97. The van der Waals surface area contributed by atoms with Gasteiger partial charge in [-0.25, -0.2) is 9.80 Å². The van der Waals surface area contributed by atoms with E-state index in [0.717, 1.165) is 29.9 Å². The molecule has 4 heterocycles. The molecule has 2 aliphatic heterocycles. The van der Waals surface area contributed by atoms with Crippen LogP contribution in [0, 0.1) is 0 Å². The zero-order valence-corrected chi connectivity index (χ0v) is 17.2. The second-order valence-corrected chi connectivity index (χ2v) is 7.96. The Morgan fingerprint density at radius 1 is 1.00 bits per heavy atom. The molecule has 2 aromatic rings. The molecule has 0 saturated carbocycles. The largest absolute Gasteiger partial charge is 0.332 e. The number of rotatable bonds is 3. The van der Waals surface area contributed by atoms with E-state index in [9.17, 15) is 9.59 Å². The van der Waals surface area contributed by atoms with Crippen molar-refractivity contribution in [3.8, 4) is 0 Å². The average molecular weight is 387 g/mol. The van der Waals surface area contributed by atoms with Gasteiger partial charge in [0.25, 0.3) is 5.56 Å². The summed E-state index contributed by atoms with van der Waals surface area (Å²) in [7, 11) is 3.17. The van der Waals surface area contributed by atoms with Crippen LogP contribution in [0.2, 0.25) is 0 Å². The summed E-state index contributed by atoms with van der Waals surface area (Å²) < 4.78 is 4.52. The van der Waals surface area contributed by atoms with Gasteiger partial charge in [0.1, 0.15) is 0 Å². The van der Waals surface area contributed by atoms with Gasteiger partial charge in [-0.2, -0.15) is 10.1 Å². The molecule has 2 aromatic heterocycles. The number of hydrogen-bond acceptors (Lipinski definition) is 6. The highest BCUT2D eigenvalue weighted by atomic mass is 16.2. The number of hydrogen-bond donors (Lipinski definition) is 0. The standard InChI is InChI=1S/C19H29N7O2/c1-13-14(2)26-15-16(22(3)19(28)23(4)17(15)27)20-18(26)25(21-13)12-11-24-9-7-5-6-8-10-24/h14H,5-12H2,1-4H3. The van der Waals surface area contributed by atoms with Gasteiger partial charge in [0.2, 0.25) is 5.95 Å². The fourth-order valence-corrected chi connectivity index (χ4v) is 4.20. The molecule has 0 N–H and O–H groups in total. The molecule has 0 amide bonds. The van der Waals surface area contributed by atoms with Crippen LogP contribution in [0.3, 0.4) is 0 Å². The van der Waals surface area contributed by atoms with Crippen molar-refractivity contribution in [1.82, 2.24) is 23.6 Å². The van der Waals surface area contributed by atoms with E-state index in [1.165, 1.54) is 37.3 Å². The Morgan fingerprint density at radius 2 is 1.68 bits per heavy atom. The summed E-state index contributed by atoms with van der Waals surface area (Å²) in [5.74, 6) is 0.640. The molecule has 152 valence electrons. The number of aromatic nitrogens is 4. The molecule has 2 aliphatic rings. The summed E-state index contributed by atoms with van der Waals surface area (Å²) >= 11 is 0. The lowest BCUT2D eigenvalue weighted by molar-refractivity contribution is 0.289. The highest BCUT2D eigenvalue weighted by molar-refractivity contribution is 5.91. The SMILES string of the molecule is CC1=NN(CCN2CCCCCC2)c2nc3c(c(=O)n(C)c(=O)n3C)n2C1C. The topological polar surface area (TPSA) is 80.7 Å². The molecule has 1 saturated heterocycles. The molecule has 0 aliphatic carbocycles. The van der Waals surface area contributed by atoms with Crippen LogP contribution in [0.4, 0.5) is 5.95 Å². The lowest BCUT2D eigenvalue weighted by atomic mass is 10.2. The van der Waals surface area contributed by atoms with E-state index in [2.05, 4.69) is 9.88 Å². The number of hydrazone groups is 1. The third-order valence-corrected chi connectivity index (χ3v) is 6.10.